The maximum absolute atomic E-state index is 11.9. The van der Waals surface area contributed by atoms with E-state index in [1.54, 1.807) is 25.1 Å². The van der Waals surface area contributed by atoms with Gasteiger partial charge in [-0.1, -0.05) is 12.1 Å². The van der Waals surface area contributed by atoms with E-state index in [1.807, 2.05) is 32.0 Å². The van der Waals surface area contributed by atoms with Gasteiger partial charge >= 0.3 is 5.97 Å². The topological polar surface area (TPSA) is 61.6 Å². The van der Waals surface area contributed by atoms with E-state index in [-0.39, 0.29) is 6.61 Å². The predicted octanol–water partition coefficient (Wildman–Crippen LogP) is 3.74. The quantitative estimate of drug-likeness (QED) is 0.542. The Kier molecular flexibility index (Phi) is 4.02. The van der Waals surface area contributed by atoms with Crippen molar-refractivity contribution in [3.8, 4) is 11.5 Å². The van der Waals surface area contributed by atoms with Crippen molar-refractivity contribution in [3.63, 3.8) is 0 Å². The molecule has 3 aromatic rings. The summed E-state index contributed by atoms with van der Waals surface area (Å²) in [6, 6.07) is 10.8. The number of rotatable bonds is 4. The Bertz CT molecular complexity index is 867. The summed E-state index contributed by atoms with van der Waals surface area (Å²) in [6.07, 6.45) is 0. The molecule has 5 heteroatoms. The average Bonchev–Trinajstić information content (AvgIpc) is 2.88. The molecule has 1 aromatic heterocycles. The Morgan fingerprint density at radius 1 is 1.17 bits per heavy atom. The maximum Gasteiger partial charge on any atom is 0.349 e. The summed E-state index contributed by atoms with van der Waals surface area (Å²) < 4.78 is 16.2. The molecule has 0 aliphatic carbocycles. The van der Waals surface area contributed by atoms with Crippen LogP contribution in [0.15, 0.2) is 40.8 Å². The zero-order valence-electron chi connectivity index (χ0n) is 13.3. The molecule has 23 heavy (non-hydrogen) atoms. The number of oxazole rings is 1. The second-order valence-electron chi connectivity index (χ2n) is 5.32. The van der Waals surface area contributed by atoms with Crippen LogP contribution in [0.2, 0.25) is 0 Å². The molecule has 0 aliphatic rings. The van der Waals surface area contributed by atoms with E-state index in [2.05, 4.69) is 4.98 Å². The van der Waals surface area contributed by atoms with Gasteiger partial charge in [0.05, 0.1) is 0 Å². The Hall–Kier alpha value is -2.82. The minimum atomic E-state index is -0.467. The lowest BCUT2D eigenvalue weighted by Crippen LogP contribution is -2.18. The van der Waals surface area contributed by atoms with E-state index in [4.69, 9.17) is 13.9 Å². The van der Waals surface area contributed by atoms with Crippen LogP contribution < -0.4 is 9.47 Å². The lowest BCUT2D eigenvalue weighted by atomic mass is 10.1. The normalized spacial score (nSPS) is 10.7. The molecule has 0 radical (unpaired) electrons. The molecule has 1 heterocycles. The SMILES string of the molecule is Cc1nc2cc(OC(=O)COc3cccc(C)c3C)ccc2o1. The predicted molar refractivity (Wildman–Crippen MR) is 85.8 cm³/mol. The molecule has 2 aromatic carbocycles. The molecular weight excluding hydrogens is 294 g/mol. The molecule has 0 atom stereocenters. The van der Waals surface area contributed by atoms with Crippen molar-refractivity contribution < 1.29 is 18.7 Å². The van der Waals surface area contributed by atoms with Gasteiger partial charge in [0.1, 0.15) is 17.0 Å². The Morgan fingerprint density at radius 2 is 2.00 bits per heavy atom. The van der Waals surface area contributed by atoms with Crippen molar-refractivity contribution >= 4 is 17.1 Å². The van der Waals surface area contributed by atoms with Crippen molar-refractivity contribution in [2.24, 2.45) is 0 Å². The minimum absolute atomic E-state index is 0.153. The van der Waals surface area contributed by atoms with Gasteiger partial charge in [-0.25, -0.2) is 9.78 Å². The molecule has 0 fully saturated rings. The number of nitrogens with zero attached hydrogens (tertiary/aromatic N) is 1. The summed E-state index contributed by atoms with van der Waals surface area (Å²) >= 11 is 0. The van der Waals surface area contributed by atoms with Crippen LogP contribution in [0.25, 0.3) is 11.1 Å². The van der Waals surface area contributed by atoms with E-state index in [1.165, 1.54) is 0 Å². The highest BCUT2D eigenvalue weighted by atomic mass is 16.6. The number of benzene rings is 2. The number of hydrogen-bond donors (Lipinski definition) is 0. The van der Waals surface area contributed by atoms with Gasteiger partial charge < -0.3 is 13.9 Å². The van der Waals surface area contributed by atoms with E-state index in [9.17, 15) is 4.79 Å². The van der Waals surface area contributed by atoms with E-state index < -0.39 is 5.97 Å². The number of carbonyl (C=O) groups excluding carboxylic acids is 1. The van der Waals surface area contributed by atoms with Crippen LogP contribution in [0.3, 0.4) is 0 Å². The highest BCUT2D eigenvalue weighted by Gasteiger charge is 2.10. The van der Waals surface area contributed by atoms with E-state index in [0.29, 0.717) is 28.5 Å². The fourth-order valence-electron chi connectivity index (χ4n) is 2.26. The lowest BCUT2D eigenvalue weighted by molar-refractivity contribution is -0.136. The van der Waals surface area contributed by atoms with Gasteiger partial charge in [-0.05, 0) is 43.2 Å². The van der Waals surface area contributed by atoms with Crippen LogP contribution in [-0.2, 0) is 4.79 Å². The Morgan fingerprint density at radius 3 is 2.83 bits per heavy atom. The largest absolute Gasteiger partial charge is 0.482 e. The Labute approximate surface area is 133 Å². The summed E-state index contributed by atoms with van der Waals surface area (Å²) in [6.45, 7) is 5.57. The summed E-state index contributed by atoms with van der Waals surface area (Å²) in [5, 5.41) is 0. The van der Waals surface area contributed by atoms with Gasteiger partial charge in [0.25, 0.3) is 0 Å². The first-order valence-corrected chi connectivity index (χ1v) is 7.30. The molecule has 0 saturated heterocycles. The molecule has 0 saturated carbocycles. The highest BCUT2D eigenvalue weighted by molar-refractivity contribution is 5.78. The van der Waals surface area contributed by atoms with Crippen LogP contribution in [0, 0.1) is 20.8 Å². The van der Waals surface area contributed by atoms with Gasteiger partial charge in [-0.2, -0.15) is 0 Å². The molecular formula is C18H17NO4. The number of hydrogen-bond acceptors (Lipinski definition) is 5. The number of esters is 1. The number of aryl methyl sites for hydroxylation is 2. The van der Waals surface area contributed by atoms with E-state index in [0.717, 1.165) is 11.1 Å². The fourth-order valence-corrected chi connectivity index (χ4v) is 2.26. The number of aromatic nitrogens is 1. The van der Waals surface area contributed by atoms with Crippen molar-refractivity contribution in [2.45, 2.75) is 20.8 Å². The molecule has 0 spiro atoms. The van der Waals surface area contributed by atoms with E-state index >= 15 is 0 Å². The Balaban J connectivity index is 1.65. The second-order valence-corrected chi connectivity index (χ2v) is 5.32. The van der Waals surface area contributed by atoms with Gasteiger partial charge in [0.15, 0.2) is 18.1 Å². The zero-order valence-corrected chi connectivity index (χ0v) is 13.3. The zero-order chi connectivity index (χ0) is 16.4. The first-order chi connectivity index (χ1) is 11.0. The van der Waals surface area contributed by atoms with Crippen molar-refractivity contribution in [2.75, 3.05) is 6.61 Å². The van der Waals surface area contributed by atoms with Gasteiger partial charge in [-0.3, -0.25) is 0 Å². The summed E-state index contributed by atoms with van der Waals surface area (Å²) in [4.78, 5) is 16.1. The van der Waals surface area contributed by atoms with Crippen molar-refractivity contribution in [1.29, 1.82) is 0 Å². The third-order valence-electron chi connectivity index (χ3n) is 3.60. The van der Waals surface area contributed by atoms with Crippen molar-refractivity contribution in [1.82, 2.24) is 4.98 Å². The first-order valence-electron chi connectivity index (χ1n) is 7.30. The van der Waals surface area contributed by atoms with Crippen LogP contribution in [0.1, 0.15) is 17.0 Å². The lowest BCUT2D eigenvalue weighted by Gasteiger charge is -2.10. The standard InChI is InChI=1S/C18H17NO4/c1-11-5-4-6-16(12(11)2)21-10-18(20)23-14-7-8-17-15(9-14)19-13(3)22-17/h4-9H,10H2,1-3H3. The molecule has 0 aliphatic heterocycles. The van der Waals surface area contributed by atoms with Crippen molar-refractivity contribution in [3.05, 3.63) is 53.4 Å². The maximum atomic E-state index is 11.9. The third kappa shape index (κ3) is 3.34. The summed E-state index contributed by atoms with van der Waals surface area (Å²) in [5.41, 5.74) is 3.44. The average molecular weight is 311 g/mol. The monoisotopic (exact) mass is 311 g/mol. The molecule has 5 nitrogen and oxygen atoms in total. The molecule has 0 N–H and O–H groups in total. The van der Waals surface area contributed by atoms with Crippen LogP contribution >= 0.6 is 0 Å². The number of fused-ring (bicyclic) bond motifs is 1. The third-order valence-corrected chi connectivity index (χ3v) is 3.60. The van der Waals surface area contributed by atoms with Crippen LogP contribution in [0.4, 0.5) is 0 Å². The molecule has 3 rings (SSSR count). The molecule has 0 bridgehead atoms. The first kappa shape index (κ1) is 15.1. The van der Waals surface area contributed by atoms with Gasteiger partial charge in [-0.15, -0.1) is 0 Å². The fraction of sp³-hybridized carbons (Fsp3) is 0.222. The smallest absolute Gasteiger partial charge is 0.349 e. The molecule has 118 valence electrons. The number of ether oxygens (including phenoxy) is 2. The molecule has 0 unspecified atom stereocenters. The minimum Gasteiger partial charge on any atom is -0.482 e. The van der Waals surface area contributed by atoms with Crippen LogP contribution in [-0.4, -0.2) is 17.6 Å². The second kappa shape index (κ2) is 6.12. The highest BCUT2D eigenvalue weighted by Crippen LogP contribution is 2.22. The summed E-state index contributed by atoms with van der Waals surface area (Å²) in [7, 11) is 0. The van der Waals surface area contributed by atoms with Crippen LogP contribution in [0.5, 0.6) is 11.5 Å². The van der Waals surface area contributed by atoms with Gasteiger partial charge in [0.2, 0.25) is 0 Å². The van der Waals surface area contributed by atoms with Gasteiger partial charge in [0, 0.05) is 13.0 Å². The number of carbonyl (C=O) groups is 1. The summed E-state index contributed by atoms with van der Waals surface area (Å²) in [5.74, 6) is 1.21. The molecule has 0 amide bonds.